The molecule has 0 aliphatic carbocycles. The SMILES string of the molecule is CCC(C)(NC(=O)CCCN1C(=O)c2ccccc2N2C(=O)CCC12C)C(=O)OC. The van der Waals surface area contributed by atoms with Crippen LogP contribution in [0.15, 0.2) is 24.3 Å². The van der Waals surface area contributed by atoms with E-state index in [1.54, 1.807) is 41.8 Å². The molecule has 0 radical (unpaired) electrons. The van der Waals surface area contributed by atoms with E-state index in [1.807, 2.05) is 13.0 Å². The van der Waals surface area contributed by atoms with Crippen molar-refractivity contribution in [3.63, 3.8) is 0 Å². The van der Waals surface area contributed by atoms with Crippen molar-refractivity contribution >= 4 is 29.4 Å². The molecule has 2 unspecified atom stereocenters. The second kappa shape index (κ2) is 8.08. The van der Waals surface area contributed by atoms with Gasteiger partial charge in [0.25, 0.3) is 5.91 Å². The standard InChI is InChI=1S/C22H29N3O5/c1-5-21(2,20(29)30-4)23-17(26)11-8-14-24-19(28)15-9-6-7-10-16(15)25-18(27)12-13-22(24,25)3/h6-7,9-10H,5,8,11-14H2,1-4H3,(H,23,26). The molecule has 1 aromatic carbocycles. The lowest BCUT2D eigenvalue weighted by Crippen LogP contribution is -2.62. The molecular formula is C22H29N3O5. The zero-order chi connectivity index (χ0) is 22.1. The number of hydrogen-bond donors (Lipinski definition) is 1. The lowest BCUT2D eigenvalue weighted by Gasteiger charge is -2.48. The van der Waals surface area contributed by atoms with E-state index in [4.69, 9.17) is 4.74 Å². The van der Waals surface area contributed by atoms with Gasteiger partial charge >= 0.3 is 5.97 Å². The van der Waals surface area contributed by atoms with Gasteiger partial charge in [-0.1, -0.05) is 19.1 Å². The minimum atomic E-state index is -1.08. The molecule has 1 aromatic rings. The summed E-state index contributed by atoms with van der Waals surface area (Å²) in [6.45, 7) is 5.66. The van der Waals surface area contributed by atoms with Crippen molar-refractivity contribution in [1.82, 2.24) is 10.2 Å². The molecule has 162 valence electrons. The molecule has 2 aliphatic heterocycles. The Kier molecular flexibility index (Phi) is 5.87. The lowest BCUT2D eigenvalue weighted by molar-refractivity contribution is -0.150. The van der Waals surface area contributed by atoms with Gasteiger partial charge in [-0.3, -0.25) is 19.3 Å². The first kappa shape index (κ1) is 21.8. The summed E-state index contributed by atoms with van der Waals surface area (Å²) in [6, 6.07) is 7.14. The van der Waals surface area contributed by atoms with Crippen LogP contribution < -0.4 is 10.2 Å². The predicted molar refractivity (Wildman–Crippen MR) is 111 cm³/mol. The van der Waals surface area contributed by atoms with Crippen LogP contribution in [-0.2, 0) is 19.1 Å². The summed E-state index contributed by atoms with van der Waals surface area (Å²) < 4.78 is 4.78. The smallest absolute Gasteiger partial charge is 0.331 e. The third-order valence-corrected chi connectivity index (χ3v) is 6.29. The van der Waals surface area contributed by atoms with Gasteiger partial charge in [-0.15, -0.1) is 0 Å². The van der Waals surface area contributed by atoms with Crippen molar-refractivity contribution in [2.75, 3.05) is 18.6 Å². The molecule has 3 rings (SSSR count). The first-order chi connectivity index (χ1) is 14.2. The number of esters is 1. The fourth-order valence-electron chi connectivity index (χ4n) is 4.32. The molecule has 1 fully saturated rings. The first-order valence-electron chi connectivity index (χ1n) is 10.3. The van der Waals surface area contributed by atoms with Crippen molar-refractivity contribution in [1.29, 1.82) is 0 Å². The summed E-state index contributed by atoms with van der Waals surface area (Å²) in [6.07, 6.45) is 1.90. The molecule has 1 saturated heterocycles. The van der Waals surface area contributed by atoms with E-state index in [1.165, 1.54) is 7.11 Å². The van der Waals surface area contributed by atoms with Crippen molar-refractivity contribution in [2.45, 2.75) is 64.1 Å². The number of para-hydroxylation sites is 1. The number of carbonyl (C=O) groups is 4. The molecule has 3 amide bonds. The van der Waals surface area contributed by atoms with Gasteiger partial charge in [0, 0.05) is 19.4 Å². The molecule has 0 aromatic heterocycles. The number of methoxy groups -OCH3 is 1. The number of benzene rings is 1. The number of nitrogens with one attached hydrogen (secondary N) is 1. The molecule has 2 atom stereocenters. The van der Waals surface area contributed by atoms with Crippen LogP contribution in [0.3, 0.4) is 0 Å². The molecule has 8 heteroatoms. The van der Waals surface area contributed by atoms with Crippen LogP contribution in [0.4, 0.5) is 5.69 Å². The second-order valence-corrected chi connectivity index (χ2v) is 8.25. The third kappa shape index (κ3) is 3.55. The Morgan fingerprint density at radius 3 is 2.63 bits per heavy atom. The Hall–Kier alpha value is -2.90. The summed E-state index contributed by atoms with van der Waals surface area (Å²) in [5.74, 6) is -0.905. The molecule has 8 nitrogen and oxygen atoms in total. The maximum Gasteiger partial charge on any atom is 0.331 e. The molecule has 2 heterocycles. The molecule has 0 saturated carbocycles. The van der Waals surface area contributed by atoms with E-state index in [-0.39, 0.29) is 24.1 Å². The fourth-order valence-corrected chi connectivity index (χ4v) is 4.32. The molecular weight excluding hydrogens is 386 g/mol. The number of carbonyl (C=O) groups excluding carboxylic acids is 4. The van der Waals surface area contributed by atoms with Crippen LogP contribution in [-0.4, -0.2) is 53.4 Å². The van der Waals surface area contributed by atoms with Crippen LogP contribution in [0.25, 0.3) is 0 Å². The normalized spacial score (nSPS) is 22.3. The maximum atomic E-state index is 13.2. The van der Waals surface area contributed by atoms with Gasteiger partial charge in [0.1, 0.15) is 11.2 Å². The number of rotatable bonds is 7. The first-order valence-corrected chi connectivity index (χ1v) is 10.3. The lowest BCUT2D eigenvalue weighted by atomic mass is 9.97. The Balaban J connectivity index is 1.71. The van der Waals surface area contributed by atoms with Crippen LogP contribution in [0.5, 0.6) is 0 Å². The number of ether oxygens (including phenoxy) is 1. The Morgan fingerprint density at radius 1 is 1.27 bits per heavy atom. The average Bonchev–Trinajstić information content (AvgIpc) is 3.05. The zero-order valence-electron chi connectivity index (χ0n) is 18.0. The van der Waals surface area contributed by atoms with Crippen molar-refractivity contribution in [3.05, 3.63) is 29.8 Å². The number of anilines is 1. The van der Waals surface area contributed by atoms with Crippen LogP contribution in [0.1, 0.15) is 63.2 Å². The predicted octanol–water partition coefficient (Wildman–Crippen LogP) is 2.22. The van der Waals surface area contributed by atoms with Gasteiger partial charge in [0.05, 0.1) is 18.4 Å². The highest BCUT2D eigenvalue weighted by molar-refractivity contribution is 6.10. The van der Waals surface area contributed by atoms with Gasteiger partial charge in [0.2, 0.25) is 11.8 Å². The second-order valence-electron chi connectivity index (χ2n) is 8.25. The average molecular weight is 415 g/mol. The van der Waals surface area contributed by atoms with E-state index in [0.29, 0.717) is 43.5 Å². The Bertz CT molecular complexity index is 885. The molecule has 1 N–H and O–H groups in total. The van der Waals surface area contributed by atoms with Crippen LogP contribution >= 0.6 is 0 Å². The summed E-state index contributed by atoms with van der Waals surface area (Å²) in [5, 5.41) is 2.74. The van der Waals surface area contributed by atoms with Crippen LogP contribution in [0.2, 0.25) is 0 Å². The largest absolute Gasteiger partial charge is 0.467 e. The van der Waals surface area contributed by atoms with E-state index in [9.17, 15) is 19.2 Å². The van der Waals surface area contributed by atoms with Crippen molar-refractivity contribution < 1.29 is 23.9 Å². The number of nitrogens with zero attached hydrogens (tertiary/aromatic N) is 2. The number of hydrogen-bond acceptors (Lipinski definition) is 5. The topological polar surface area (TPSA) is 96.0 Å². The molecule has 2 aliphatic rings. The zero-order valence-corrected chi connectivity index (χ0v) is 18.0. The quantitative estimate of drug-likeness (QED) is 0.689. The van der Waals surface area contributed by atoms with Gasteiger partial charge < -0.3 is 15.0 Å². The highest BCUT2D eigenvalue weighted by atomic mass is 16.5. The summed E-state index contributed by atoms with van der Waals surface area (Å²) in [7, 11) is 1.29. The highest BCUT2D eigenvalue weighted by Gasteiger charge is 2.52. The monoisotopic (exact) mass is 415 g/mol. The Morgan fingerprint density at radius 2 is 1.97 bits per heavy atom. The molecule has 30 heavy (non-hydrogen) atoms. The van der Waals surface area contributed by atoms with E-state index in [0.717, 1.165) is 0 Å². The summed E-state index contributed by atoms with van der Waals surface area (Å²) in [5.41, 5.74) is -0.660. The number of amides is 3. The number of fused-ring (bicyclic) bond motifs is 3. The van der Waals surface area contributed by atoms with Crippen molar-refractivity contribution in [3.8, 4) is 0 Å². The fraction of sp³-hybridized carbons (Fsp3) is 0.545. The van der Waals surface area contributed by atoms with Gasteiger partial charge in [-0.05, 0) is 45.2 Å². The maximum absolute atomic E-state index is 13.2. The molecule has 0 spiro atoms. The highest BCUT2D eigenvalue weighted by Crippen LogP contribution is 2.44. The molecule has 0 bridgehead atoms. The van der Waals surface area contributed by atoms with Gasteiger partial charge in [-0.2, -0.15) is 0 Å². The van der Waals surface area contributed by atoms with Crippen LogP contribution in [0, 0.1) is 0 Å². The third-order valence-electron chi connectivity index (χ3n) is 6.29. The van der Waals surface area contributed by atoms with Crippen molar-refractivity contribution in [2.24, 2.45) is 0 Å². The minimum absolute atomic E-state index is 0.00279. The summed E-state index contributed by atoms with van der Waals surface area (Å²) >= 11 is 0. The van der Waals surface area contributed by atoms with Gasteiger partial charge in [0.15, 0.2) is 0 Å². The Labute approximate surface area is 176 Å². The van der Waals surface area contributed by atoms with E-state index >= 15 is 0 Å². The van der Waals surface area contributed by atoms with Gasteiger partial charge in [-0.25, -0.2) is 4.79 Å². The summed E-state index contributed by atoms with van der Waals surface area (Å²) in [4.78, 5) is 53.6. The van der Waals surface area contributed by atoms with E-state index < -0.39 is 17.2 Å². The minimum Gasteiger partial charge on any atom is -0.467 e. The van der Waals surface area contributed by atoms with E-state index in [2.05, 4.69) is 5.32 Å².